The molecule has 0 fully saturated rings. The van der Waals surface area contributed by atoms with Crippen molar-refractivity contribution in [2.75, 3.05) is 6.54 Å². The first-order chi connectivity index (χ1) is 11.6. The van der Waals surface area contributed by atoms with E-state index in [-0.39, 0.29) is 6.42 Å². The zero-order valence-corrected chi connectivity index (χ0v) is 14.1. The van der Waals surface area contributed by atoms with E-state index in [1.165, 1.54) is 6.92 Å². The monoisotopic (exact) mass is 361 g/mol. The fraction of sp³-hybridized carbons (Fsp3) is 0.714. The molecule has 11 heteroatoms. The van der Waals surface area contributed by atoms with E-state index in [2.05, 4.69) is 10.6 Å². The summed E-state index contributed by atoms with van der Waals surface area (Å²) in [5, 5.41) is 22.9. The molecule has 11 nitrogen and oxygen atoms in total. The molecule has 0 saturated carbocycles. The van der Waals surface area contributed by atoms with E-state index in [9.17, 15) is 24.3 Å². The minimum absolute atomic E-state index is 0.185. The summed E-state index contributed by atoms with van der Waals surface area (Å²) in [6.45, 7) is 1.70. The second-order valence-electron chi connectivity index (χ2n) is 5.68. The number of nitrogens with two attached hydrogens (primary N) is 3. The number of hydrogen-bond donors (Lipinski definition) is 7. The van der Waals surface area contributed by atoms with Gasteiger partial charge in [-0.15, -0.1) is 0 Å². The van der Waals surface area contributed by atoms with Crippen LogP contribution in [0.5, 0.6) is 0 Å². The third kappa shape index (κ3) is 8.98. The van der Waals surface area contributed by atoms with Gasteiger partial charge in [0.1, 0.15) is 18.1 Å². The third-order valence-corrected chi connectivity index (χ3v) is 3.42. The topological polar surface area (TPSA) is 211 Å². The molecule has 0 aliphatic carbocycles. The molecule has 4 atom stereocenters. The number of carbonyl (C=O) groups excluding carboxylic acids is 3. The number of carbonyl (C=O) groups is 4. The molecule has 25 heavy (non-hydrogen) atoms. The van der Waals surface area contributed by atoms with Gasteiger partial charge >= 0.3 is 5.97 Å². The van der Waals surface area contributed by atoms with Gasteiger partial charge in [0.05, 0.1) is 12.5 Å². The maximum atomic E-state index is 12.3. The van der Waals surface area contributed by atoms with Crippen LogP contribution in [0.1, 0.15) is 32.6 Å². The predicted molar refractivity (Wildman–Crippen MR) is 87.9 cm³/mol. The smallest absolute Gasteiger partial charge is 0.326 e. The Balaban J connectivity index is 5.04. The maximum absolute atomic E-state index is 12.3. The van der Waals surface area contributed by atoms with Crippen molar-refractivity contribution < 1.29 is 29.4 Å². The highest BCUT2D eigenvalue weighted by Gasteiger charge is 2.29. The summed E-state index contributed by atoms with van der Waals surface area (Å²) < 4.78 is 0. The first-order valence-electron chi connectivity index (χ1n) is 7.85. The number of aliphatic hydroxyl groups is 1. The average molecular weight is 361 g/mol. The van der Waals surface area contributed by atoms with Crippen LogP contribution in [0.15, 0.2) is 0 Å². The molecule has 0 aliphatic rings. The number of nitrogens with one attached hydrogen (secondary N) is 2. The van der Waals surface area contributed by atoms with Crippen molar-refractivity contribution in [3.63, 3.8) is 0 Å². The lowest BCUT2D eigenvalue weighted by Gasteiger charge is -2.23. The summed E-state index contributed by atoms with van der Waals surface area (Å²) >= 11 is 0. The number of carboxylic acids is 1. The van der Waals surface area contributed by atoms with Crippen molar-refractivity contribution >= 4 is 23.7 Å². The maximum Gasteiger partial charge on any atom is 0.326 e. The predicted octanol–water partition coefficient (Wildman–Crippen LogP) is -3.25. The standard InChI is InChI=1S/C14H27N5O6/c1-7(20)11(17)13(23)18-8(4-2-3-5-15)12(22)19-9(14(24)25)6-10(16)21/h7-9,11,20H,2-6,15,17H2,1H3,(H2,16,21)(H,18,23)(H,19,22)(H,24,25). The molecule has 0 aliphatic heterocycles. The normalized spacial score (nSPS) is 15.5. The first-order valence-corrected chi connectivity index (χ1v) is 7.85. The Morgan fingerprint density at radius 1 is 1.04 bits per heavy atom. The number of primary amides is 1. The van der Waals surface area contributed by atoms with Crippen LogP contribution in [0, 0.1) is 0 Å². The number of aliphatic carboxylic acids is 1. The first kappa shape index (κ1) is 22.8. The molecule has 3 amide bonds. The van der Waals surface area contributed by atoms with E-state index in [0.717, 1.165) is 0 Å². The van der Waals surface area contributed by atoms with E-state index in [0.29, 0.717) is 19.4 Å². The Labute approximate surface area is 145 Å². The molecule has 0 saturated heterocycles. The van der Waals surface area contributed by atoms with Gasteiger partial charge in [-0.05, 0) is 32.7 Å². The molecule has 0 aromatic heterocycles. The van der Waals surface area contributed by atoms with Gasteiger partial charge in [0.25, 0.3) is 0 Å². The SMILES string of the molecule is CC(O)C(N)C(=O)NC(CCCCN)C(=O)NC(CC(N)=O)C(=O)O. The van der Waals surface area contributed by atoms with Gasteiger partial charge in [0, 0.05) is 0 Å². The van der Waals surface area contributed by atoms with Crippen LogP contribution in [0.25, 0.3) is 0 Å². The summed E-state index contributed by atoms with van der Waals surface area (Å²) in [7, 11) is 0. The van der Waals surface area contributed by atoms with Crippen LogP contribution in [0.4, 0.5) is 0 Å². The van der Waals surface area contributed by atoms with E-state index in [1.807, 2.05) is 0 Å². The summed E-state index contributed by atoms with van der Waals surface area (Å²) in [6, 6.07) is -3.84. The molecular weight excluding hydrogens is 334 g/mol. The van der Waals surface area contributed by atoms with Gasteiger partial charge in [0.2, 0.25) is 17.7 Å². The summed E-state index contributed by atoms with van der Waals surface area (Å²) in [5.41, 5.74) is 15.8. The minimum atomic E-state index is -1.51. The van der Waals surface area contributed by atoms with Crippen LogP contribution in [-0.4, -0.2) is 64.7 Å². The van der Waals surface area contributed by atoms with Gasteiger partial charge in [-0.1, -0.05) is 0 Å². The molecule has 0 radical (unpaired) electrons. The van der Waals surface area contributed by atoms with Gasteiger partial charge in [-0.2, -0.15) is 0 Å². The number of aliphatic hydroxyl groups excluding tert-OH is 1. The minimum Gasteiger partial charge on any atom is -0.480 e. The lowest BCUT2D eigenvalue weighted by Crippen LogP contribution is -2.56. The highest BCUT2D eigenvalue weighted by molar-refractivity contribution is 5.93. The second-order valence-corrected chi connectivity index (χ2v) is 5.68. The zero-order chi connectivity index (χ0) is 19.6. The number of unbranched alkanes of at least 4 members (excludes halogenated alkanes) is 1. The lowest BCUT2D eigenvalue weighted by atomic mass is 10.1. The molecule has 0 bridgehead atoms. The molecule has 0 rings (SSSR count). The largest absolute Gasteiger partial charge is 0.480 e. The number of amides is 3. The molecule has 0 aromatic rings. The summed E-state index contributed by atoms with van der Waals surface area (Å²) in [4.78, 5) is 46.2. The molecule has 0 spiro atoms. The Bertz CT molecular complexity index is 484. The molecule has 0 heterocycles. The fourth-order valence-corrected chi connectivity index (χ4v) is 1.92. The second kappa shape index (κ2) is 11.3. The van der Waals surface area contributed by atoms with Crippen molar-refractivity contribution in [1.29, 1.82) is 0 Å². The van der Waals surface area contributed by atoms with E-state index in [4.69, 9.17) is 22.3 Å². The van der Waals surface area contributed by atoms with Crippen molar-refractivity contribution in [3.8, 4) is 0 Å². The number of rotatable bonds is 12. The van der Waals surface area contributed by atoms with Crippen molar-refractivity contribution in [2.24, 2.45) is 17.2 Å². The Morgan fingerprint density at radius 3 is 2.04 bits per heavy atom. The lowest BCUT2D eigenvalue weighted by molar-refractivity contribution is -0.143. The highest BCUT2D eigenvalue weighted by Crippen LogP contribution is 2.04. The molecule has 144 valence electrons. The van der Waals surface area contributed by atoms with Gasteiger partial charge in [-0.3, -0.25) is 14.4 Å². The van der Waals surface area contributed by atoms with Crippen LogP contribution in [-0.2, 0) is 19.2 Å². The van der Waals surface area contributed by atoms with Gasteiger partial charge < -0.3 is 38.0 Å². The van der Waals surface area contributed by atoms with E-state index in [1.54, 1.807) is 0 Å². The van der Waals surface area contributed by atoms with Gasteiger partial charge in [0.15, 0.2) is 0 Å². The van der Waals surface area contributed by atoms with Crippen LogP contribution in [0.3, 0.4) is 0 Å². The van der Waals surface area contributed by atoms with E-state index < -0.39 is 54.3 Å². The average Bonchev–Trinajstić information content (AvgIpc) is 2.51. The van der Waals surface area contributed by atoms with Crippen LogP contribution in [0.2, 0.25) is 0 Å². The third-order valence-electron chi connectivity index (χ3n) is 3.42. The Hall–Kier alpha value is -2.24. The molecule has 10 N–H and O–H groups in total. The van der Waals surface area contributed by atoms with Crippen LogP contribution < -0.4 is 27.8 Å². The van der Waals surface area contributed by atoms with Crippen molar-refractivity contribution in [2.45, 2.75) is 56.8 Å². The van der Waals surface area contributed by atoms with Crippen molar-refractivity contribution in [1.82, 2.24) is 10.6 Å². The van der Waals surface area contributed by atoms with Gasteiger partial charge in [-0.25, -0.2) is 4.79 Å². The Kier molecular flexibility index (Phi) is 10.3. The highest BCUT2D eigenvalue weighted by atomic mass is 16.4. The van der Waals surface area contributed by atoms with E-state index >= 15 is 0 Å². The number of carboxylic acid groups (broad SMARTS) is 1. The Morgan fingerprint density at radius 2 is 1.60 bits per heavy atom. The van der Waals surface area contributed by atoms with Crippen molar-refractivity contribution in [3.05, 3.63) is 0 Å². The molecular formula is C14H27N5O6. The fourth-order valence-electron chi connectivity index (χ4n) is 1.92. The molecule has 4 unspecified atom stereocenters. The molecule has 0 aromatic carbocycles. The number of hydrogen-bond acceptors (Lipinski definition) is 7. The quantitative estimate of drug-likeness (QED) is 0.175. The summed E-state index contributed by atoms with van der Waals surface area (Å²) in [5.74, 6) is -3.88. The summed E-state index contributed by atoms with van der Waals surface area (Å²) in [6.07, 6.45) is -0.450. The zero-order valence-electron chi connectivity index (χ0n) is 14.1. The van der Waals surface area contributed by atoms with Crippen LogP contribution >= 0.6 is 0 Å².